The van der Waals surface area contributed by atoms with Gasteiger partial charge in [0.25, 0.3) is 0 Å². The van der Waals surface area contributed by atoms with Crippen molar-refractivity contribution in [1.82, 2.24) is 4.72 Å². The van der Waals surface area contributed by atoms with Crippen LogP contribution in [0.4, 0.5) is 0 Å². The lowest BCUT2D eigenvalue weighted by Gasteiger charge is -2.20. The predicted molar refractivity (Wildman–Crippen MR) is 75.7 cm³/mol. The highest BCUT2D eigenvalue weighted by atomic mass is 32.2. The van der Waals surface area contributed by atoms with E-state index >= 15 is 0 Å². The minimum absolute atomic E-state index is 0.146. The molecule has 108 valence electrons. The van der Waals surface area contributed by atoms with E-state index in [9.17, 15) is 8.42 Å². The second kappa shape index (κ2) is 6.36. The third-order valence-corrected chi connectivity index (χ3v) is 3.78. The van der Waals surface area contributed by atoms with E-state index in [-0.39, 0.29) is 11.5 Å². The Morgan fingerprint density at radius 1 is 1.32 bits per heavy atom. The average Bonchev–Trinajstić information content (AvgIpc) is 2.33. The normalized spacial score (nSPS) is 12.4. The Morgan fingerprint density at radius 2 is 1.95 bits per heavy atom. The first kappa shape index (κ1) is 15.9. The summed E-state index contributed by atoms with van der Waals surface area (Å²) in [4.78, 5) is 0.146. The average molecular weight is 286 g/mol. The second-order valence-electron chi connectivity index (χ2n) is 5.12. The van der Waals surface area contributed by atoms with E-state index in [1.807, 2.05) is 20.8 Å². The summed E-state index contributed by atoms with van der Waals surface area (Å²) in [5.41, 5.74) is 5.31. The SMILES string of the molecule is CCCNS(=O)(=O)c1ccccc1OCC(C)(C)N. The third-order valence-electron chi connectivity index (χ3n) is 2.28. The smallest absolute Gasteiger partial charge is 0.244 e. The van der Waals surface area contributed by atoms with Crippen LogP contribution in [0.3, 0.4) is 0 Å². The first-order valence-electron chi connectivity index (χ1n) is 6.26. The maximum absolute atomic E-state index is 12.1. The fraction of sp³-hybridized carbons (Fsp3) is 0.538. The van der Waals surface area contributed by atoms with Crippen molar-refractivity contribution in [3.05, 3.63) is 24.3 Å². The summed E-state index contributed by atoms with van der Waals surface area (Å²) in [6.45, 7) is 6.19. The summed E-state index contributed by atoms with van der Waals surface area (Å²) >= 11 is 0. The van der Waals surface area contributed by atoms with Crippen LogP contribution >= 0.6 is 0 Å². The minimum atomic E-state index is -3.54. The van der Waals surface area contributed by atoms with Crippen molar-refractivity contribution in [1.29, 1.82) is 0 Å². The molecule has 0 saturated carbocycles. The molecule has 19 heavy (non-hydrogen) atoms. The van der Waals surface area contributed by atoms with Crippen molar-refractivity contribution >= 4 is 10.0 Å². The molecule has 1 aromatic rings. The number of nitrogens with two attached hydrogens (primary N) is 1. The summed E-state index contributed by atoms with van der Waals surface area (Å²) in [5.74, 6) is 0.324. The highest BCUT2D eigenvalue weighted by Gasteiger charge is 2.20. The molecular weight excluding hydrogens is 264 g/mol. The summed E-state index contributed by atoms with van der Waals surface area (Å²) in [7, 11) is -3.54. The van der Waals surface area contributed by atoms with Crippen LogP contribution in [-0.2, 0) is 10.0 Å². The molecule has 0 radical (unpaired) electrons. The Hall–Kier alpha value is -1.11. The Kier molecular flexibility index (Phi) is 5.34. The highest BCUT2D eigenvalue weighted by Crippen LogP contribution is 2.23. The monoisotopic (exact) mass is 286 g/mol. The van der Waals surface area contributed by atoms with Crippen molar-refractivity contribution < 1.29 is 13.2 Å². The topological polar surface area (TPSA) is 81.4 Å². The molecule has 0 aliphatic carbocycles. The molecule has 0 saturated heterocycles. The molecule has 0 unspecified atom stereocenters. The van der Waals surface area contributed by atoms with Crippen molar-refractivity contribution in [3.8, 4) is 5.75 Å². The zero-order valence-corrected chi connectivity index (χ0v) is 12.5. The molecule has 0 aliphatic heterocycles. The van der Waals surface area contributed by atoms with Crippen LogP contribution in [0, 0.1) is 0 Å². The van der Waals surface area contributed by atoms with Gasteiger partial charge in [0.2, 0.25) is 10.0 Å². The maximum Gasteiger partial charge on any atom is 0.244 e. The molecule has 0 heterocycles. The Morgan fingerprint density at radius 3 is 2.53 bits per heavy atom. The molecule has 0 aromatic heterocycles. The van der Waals surface area contributed by atoms with Gasteiger partial charge in [0.05, 0.1) is 0 Å². The van der Waals surface area contributed by atoms with E-state index in [4.69, 9.17) is 10.5 Å². The van der Waals surface area contributed by atoms with E-state index in [1.165, 1.54) is 6.07 Å². The fourth-order valence-corrected chi connectivity index (χ4v) is 2.65. The van der Waals surface area contributed by atoms with Crippen molar-refractivity contribution in [3.63, 3.8) is 0 Å². The van der Waals surface area contributed by atoms with Crippen LogP contribution in [-0.4, -0.2) is 27.1 Å². The number of ether oxygens (including phenoxy) is 1. The number of para-hydroxylation sites is 1. The lowest BCUT2D eigenvalue weighted by atomic mass is 10.1. The highest BCUT2D eigenvalue weighted by molar-refractivity contribution is 7.89. The summed E-state index contributed by atoms with van der Waals surface area (Å²) in [5, 5.41) is 0. The second-order valence-corrected chi connectivity index (χ2v) is 6.86. The zero-order chi connectivity index (χ0) is 14.5. The van der Waals surface area contributed by atoms with Gasteiger partial charge in [-0.3, -0.25) is 0 Å². The van der Waals surface area contributed by atoms with Gasteiger partial charge in [-0.1, -0.05) is 19.1 Å². The van der Waals surface area contributed by atoms with Gasteiger partial charge in [-0.25, -0.2) is 13.1 Å². The van der Waals surface area contributed by atoms with Gasteiger partial charge < -0.3 is 10.5 Å². The Bertz CT molecular complexity index is 507. The molecule has 1 rings (SSSR count). The molecule has 0 aliphatic rings. The Labute approximate surface area is 115 Å². The van der Waals surface area contributed by atoms with Crippen molar-refractivity contribution in [2.24, 2.45) is 5.73 Å². The van der Waals surface area contributed by atoms with E-state index in [0.717, 1.165) is 6.42 Å². The number of hydrogen-bond acceptors (Lipinski definition) is 4. The number of nitrogens with one attached hydrogen (secondary N) is 1. The fourth-order valence-electron chi connectivity index (χ4n) is 1.37. The molecule has 0 atom stereocenters. The van der Waals surface area contributed by atoms with Gasteiger partial charge in [0.1, 0.15) is 17.3 Å². The molecule has 0 spiro atoms. The minimum Gasteiger partial charge on any atom is -0.490 e. The number of benzene rings is 1. The van der Waals surface area contributed by atoms with Gasteiger partial charge in [0.15, 0.2) is 0 Å². The summed E-state index contributed by atoms with van der Waals surface area (Å²) in [6.07, 6.45) is 0.734. The number of rotatable bonds is 7. The van der Waals surface area contributed by atoms with Crippen LogP contribution < -0.4 is 15.2 Å². The largest absolute Gasteiger partial charge is 0.490 e. The first-order chi connectivity index (χ1) is 8.76. The third kappa shape index (κ3) is 5.18. The lowest BCUT2D eigenvalue weighted by molar-refractivity contribution is 0.238. The first-order valence-corrected chi connectivity index (χ1v) is 7.75. The quantitative estimate of drug-likeness (QED) is 0.795. The van der Waals surface area contributed by atoms with Crippen LogP contribution in [0.25, 0.3) is 0 Å². The van der Waals surface area contributed by atoms with Crippen LogP contribution in [0.15, 0.2) is 29.2 Å². The van der Waals surface area contributed by atoms with E-state index < -0.39 is 15.6 Å². The van der Waals surface area contributed by atoms with E-state index in [1.54, 1.807) is 18.2 Å². The summed E-state index contributed by atoms with van der Waals surface area (Å²) in [6, 6.07) is 6.56. The number of hydrogen-bond donors (Lipinski definition) is 2. The van der Waals surface area contributed by atoms with Crippen LogP contribution in [0.1, 0.15) is 27.2 Å². The molecular formula is C13H22N2O3S. The van der Waals surface area contributed by atoms with Gasteiger partial charge in [-0.05, 0) is 32.4 Å². The van der Waals surface area contributed by atoms with Crippen LogP contribution in [0.2, 0.25) is 0 Å². The van der Waals surface area contributed by atoms with Gasteiger partial charge in [0, 0.05) is 12.1 Å². The summed E-state index contributed by atoms with van der Waals surface area (Å²) < 4.78 is 32.3. The Balaban J connectivity index is 2.96. The standard InChI is InChI=1S/C13H22N2O3S/c1-4-9-15-19(16,17)12-8-6-5-7-11(12)18-10-13(2,3)14/h5-8,15H,4,9-10,14H2,1-3H3. The molecule has 5 nitrogen and oxygen atoms in total. The maximum atomic E-state index is 12.1. The molecule has 0 bridgehead atoms. The van der Waals surface area contributed by atoms with Crippen LogP contribution in [0.5, 0.6) is 5.75 Å². The van der Waals surface area contributed by atoms with Crippen molar-refractivity contribution in [2.75, 3.05) is 13.2 Å². The molecule has 0 fully saturated rings. The predicted octanol–water partition coefficient (Wildman–Crippen LogP) is 1.49. The lowest BCUT2D eigenvalue weighted by Crippen LogP contribution is -2.39. The van der Waals surface area contributed by atoms with E-state index in [0.29, 0.717) is 12.3 Å². The van der Waals surface area contributed by atoms with E-state index in [2.05, 4.69) is 4.72 Å². The molecule has 1 aromatic carbocycles. The molecule has 3 N–H and O–H groups in total. The van der Waals surface area contributed by atoms with Gasteiger partial charge in [-0.2, -0.15) is 0 Å². The molecule has 0 amide bonds. The molecule has 6 heteroatoms. The van der Waals surface area contributed by atoms with Gasteiger partial charge in [-0.15, -0.1) is 0 Å². The van der Waals surface area contributed by atoms with Crippen molar-refractivity contribution in [2.45, 2.75) is 37.6 Å². The number of sulfonamides is 1. The zero-order valence-electron chi connectivity index (χ0n) is 11.6. The van der Waals surface area contributed by atoms with Gasteiger partial charge >= 0.3 is 0 Å².